The molecule has 0 aliphatic heterocycles. The van der Waals surface area contributed by atoms with Gasteiger partial charge in [0.1, 0.15) is 11.6 Å². The van der Waals surface area contributed by atoms with Gasteiger partial charge in [0.05, 0.1) is 15.3 Å². The van der Waals surface area contributed by atoms with Crippen LogP contribution in [0.15, 0.2) is 24.3 Å². The normalized spacial score (nSPS) is 12.7. The summed E-state index contributed by atoms with van der Waals surface area (Å²) in [5.41, 5.74) is 7.85. The number of nitrogens with zero attached hydrogens (tertiary/aromatic N) is 2. The number of aryl methyl sites for hydroxylation is 1. The summed E-state index contributed by atoms with van der Waals surface area (Å²) < 4.78 is 16.0. The Labute approximate surface area is 119 Å². The van der Waals surface area contributed by atoms with Gasteiger partial charge in [0, 0.05) is 0 Å². The molecule has 1 heterocycles. The van der Waals surface area contributed by atoms with Crippen molar-refractivity contribution in [3.8, 4) is 0 Å². The van der Waals surface area contributed by atoms with Crippen molar-refractivity contribution in [3.05, 3.63) is 44.9 Å². The average molecular weight is 359 g/mol. The summed E-state index contributed by atoms with van der Waals surface area (Å²) in [6.45, 7) is 3.96. The van der Waals surface area contributed by atoms with Gasteiger partial charge in [-0.15, -0.1) is 0 Å². The van der Waals surface area contributed by atoms with Crippen LogP contribution in [-0.2, 0) is 0 Å². The fraction of sp³-hybridized carbons (Fsp3) is 0.308. The minimum Gasteiger partial charge on any atom is -0.383 e. The number of aromatic nitrogens is 2. The number of nitrogens with two attached hydrogens (primary N) is 1. The second kappa shape index (κ2) is 5.26. The van der Waals surface area contributed by atoms with Gasteiger partial charge in [-0.3, -0.25) is 0 Å². The van der Waals surface area contributed by atoms with E-state index in [-0.39, 0.29) is 11.9 Å². The van der Waals surface area contributed by atoms with Gasteiger partial charge in [0.2, 0.25) is 0 Å². The van der Waals surface area contributed by atoms with Crippen molar-refractivity contribution in [2.75, 3.05) is 5.73 Å². The topological polar surface area (TPSA) is 43.8 Å². The summed E-state index contributed by atoms with van der Waals surface area (Å²) in [5.74, 6) is 0.410. The van der Waals surface area contributed by atoms with Gasteiger partial charge in [-0.1, -0.05) is 19.1 Å². The van der Waals surface area contributed by atoms with Crippen LogP contribution >= 0.6 is 22.6 Å². The molecular formula is C13H15FIN3. The quantitative estimate of drug-likeness (QED) is 0.853. The molecule has 1 unspecified atom stereocenters. The molecule has 1 aromatic heterocycles. The van der Waals surface area contributed by atoms with Crippen molar-refractivity contribution in [3.63, 3.8) is 0 Å². The van der Waals surface area contributed by atoms with E-state index in [9.17, 15) is 4.39 Å². The Balaban J connectivity index is 2.48. The minimum absolute atomic E-state index is 0.0251. The highest BCUT2D eigenvalue weighted by atomic mass is 127. The highest BCUT2D eigenvalue weighted by Gasteiger charge is 2.18. The summed E-state index contributed by atoms with van der Waals surface area (Å²) in [6, 6.07) is 6.57. The van der Waals surface area contributed by atoms with Gasteiger partial charge in [-0.25, -0.2) is 9.07 Å². The number of anilines is 1. The van der Waals surface area contributed by atoms with Crippen molar-refractivity contribution in [1.82, 2.24) is 9.78 Å². The van der Waals surface area contributed by atoms with E-state index in [0.717, 1.165) is 21.2 Å². The number of hydrogen-bond acceptors (Lipinski definition) is 2. The van der Waals surface area contributed by atoms with E-state index in [2.05, 4.69) is 27.7 Å². The van der Waals surface area contributed by atoms with E-state index < -0.39 is 0 Å². The molecule has 0 aliphatic rings. The highest BCUT2D eigenvalue weighted by molar-refractivity contribution is 14.1. The summed E-state index contributed by atoms with van der Waals surface area (Å²) in [7, 11) is 0. The fourth-order valence-electron chi connectivity index (χ4n) is 2.05. The first-order chi connectivity index (χ1) is 8.54. The van der Waals surface area contributed by atoms with Gasteiger partial charge in [0.25, 0.3) is 0 Å². The van der Waals surface area contributed by atoms with Crippen molar-refractivity contribution in [2.45, 2.75) is 26.3 Å². The van der Waals surface area contributed by atoms with Crippen LogP contribution in [0.1, 0.15) is 30.6 Å². The summed E-state index contributed by atoms with van der Waals surface area (Å²) >= 11 is 2.18. The molecule has 2 N–H and O–H groups in total. The molecule has 1 aromatic carbocycles. The summed E-state index contributed by atoms with van der Waals surface area (Å²) in [4.78, 5) is 0. The molecular weight excluding hydrogens is 344 g/mol. The lowest BCUT2D eigenvalue weighted by atomic mass is 10.0. The molecule has 0 saturated heterocycles. The number of nitrogen functional groups attached to an aromatic ring is 1. The largest absolute Gasteiger partial charge is 0.383 e. The molecule has 0 amide bonds. The second-order valence-corrected chi connectivity index (χ2v) is 5.29. The third-order valence-electron chi connectivity index (χ3n) is 2.96. The van der Waals surface area contributed by atoms with Crippen LogP contribution in [0.3, 0.4) is 0 Å². The van der Waals surface area contributed by atoms with Gasteiger partial charge in [-0.2, -0.15) is 5.10 Å². The molecule has 0 aliphatic carbocycles. The number of benzene rings is 1. The van der Waals surface area contributed by atoms with E-state index in [0.29, 0.717) is 5.82 Å². The fourth-order valence-corrected chi connectivity index (χ4v) is 2.40. The molecule has 2 aromatic rings. The second-order valence-electron chi connectivity index (χ2n) is 4.21. The molecule has 96 valence electrons. The number of hydrogen-bond donors (Lipinski definition) is 1. The van der Waals surface area contributed by atoms with E-state index in [1.54, 1.807) is 10.7 Å². The molecule has 18 heavy (non-hydrogen) atoms. The lowest BCUT2D eigenvalue weighted by molar-refractivity contribution is 0.509. The Morgan fingerprint density at radius 3 is 2.72 bits per heavy atom. The molecule has 1 atom stereocenters. The van der Waals surface area contributed by atoms with Crippen molar-refractivity contribution < 1.29 is 4.39 Å². The number of rotatable bonds is 3. The van der Waals surface area contributed by atoms with Crippen LogP contribution in [0.4, 0.5) is 10.2 Å². The Hall–Kier alpha value is -1.11. The van der Waals surface area contributed by atoms with Crippen LogP contribution in [0.2, 0.25) is 0 Å². The lowest BCUT2D eigenvalue weighted by Crippen LogP contribution is -2.14. The molecule has 0 saturated carbocycles. The van der Waals surface area contributed by atoms with E-state index >= 15 is 0 Å². The third-order valence-corrected chi connectivity index (χ3v) is 4.30. The Bertz CT molecular complexity index is 565. The minimum atomic E-state index is -0.233. The first-order valence-electron chi connectivity index (χ1n) is 5.80. The Morgan fingerprint density at radius 2 is 2.22 bits per heavy atom. The standard InChI is InChI=1S/C13H15FIN3/c1-3-11(9-5-4-6-10(14)7-9)18-13(16)12(15)8(2)17-18/h4-7,11H,3,16H2,1-2H3. The maximum atomic E-state index is 13.3. The van der Waals surface area contributed by atoms with Crippen molar-refractivity contribution in [1.29, 1.82) is 0 Å². The smallest absolute Gasteiger partial charge is 0.136 e. The molecule has 0 spiro atoms. The molecule has 2 rings (SSSR count). The Morgan fingerprint density at radius 1 is 1.50 bits per heavy atom. The average Bonchev–Trinajstić information content (AvgIpc) is 2.59. The summed E-state index contributed by atoms with van der Waals surface area (Å²) in [5, 5.41) is 4.45. The SMILES string of the molecule is CCC(c1cccc(F)c1)n1nc(C)c(I)c1N. The van der Waals surface area contributed by atoms with E-state index in [1.807, 2.05) is 19.9 Å². The Kier molecular flexibility index (Phi) is 3.89. The third kappa shape index (κ3) is 2.36. The van der Waals surface area contributed by atoms with E-state index in [4.69, 9.17) is 5.73 Å². The highest BCUT2D eigenvalue weighted by Crippen LogP contribution is 2.28. The zero-order valence-electron chi connectivity index (χ0n) is 10.3. The summed E-state index contributed by atoms with van der Waals surface area (Å²) in [6.07, 6.45) is 0.810. The monoisotopic (exact) mass is 359 g/mol. The first-order valence-corrected chi connectivity index (χ1v) is 6.88. The lowest BCUT2D eigenvalue weighted by Gasteiger charge is -2.17. The van der Waals surface area contributed by atoms with Crippen LogP contribution in [-0.4, -0.2) is 9.78 Å². The van der Waals surface area contributed by atoms with Crippen LogP contribution in [0.5, 0.6) is 0 Å². The van der Waals surface area contributed by atoms with Crippen LogP contribution in [0.25, 0.3) is 0 Å². The molecule has 0 bridgehead atoms. The van der Waals surface area contributed by atoms with E-state index in [1.165, 1.54) is 12.1 Å². The van der Waals surface area contributed by atoms with Crippen molar-refractivity contribution >= 4 is 28.4 Å². The van der Waals surface area contributed by atoms with Gasteiger partial charge in [-0.05, 0) is 53.6 Å². The molecule has 0 radical (unpaired) electrons. The molecule has 3 nitrogen and oxygen atoms in total. The number of halogens is 2. The van der Waals surface area contributed by atoms with Gasteiger partial charge in [0.15, 0.2) is 0 Å². The van der Waals surface area contributed by atoms with Gasteiger partial charge < -0.3 is 5.73 Å². The molecule has 5 heteroatoms. The zero-order valence-corrected chi connectivity index (χ0v) is 12.5. The van der Waals surface area contributed by atoms with Crippen molar-refractivity contribution in [2.24, 2.45) is 0 Å². The zero-order chi connectivity index (χ0) is 13.3. The maximum Gasteiger partial charge on any atom is 0.136 e. The predicted octanol–water partition coefficient (Wildman–Crippen LogP) is 3.52. The first kappa shape index (κ1) is 13.3. The molecule has 0 fully saturated rings. The predicted molar refractivity (Wildman–Crippen MR) is 78.9 cm³/mol. The van der Waals surface area contributed by atoms with Crippen LogP contribution in [0, 0.1) is 16.3 Å². The van der Waals surface area contributed by atoms with Crippen LogP contribution < -0.4 is 5.73 Å². The van der Waals surface area contributed by atoms with Gasteiger partial charge >= 0.3 is 0 Å². The maximum absolute atomic E-state index is 13.3.